The highest BCUT2D eigenvalue weighted by Crippen LogP contribution is 2.32. The van der Waals surface area contributed by atoms with Crippen LogP contribution in [0.15, 0.2) is 24.3 Å². The maximum Gasteiger partial charge on any atom is 0.257 e. The normalized spacial score (nSPS) is 25.3. The first kappa shape index (κ1) is 25.1. The highest BCUT2D eigenvalue weighted by atomic mass is 16.5. The lowest BCUT2D eigenvalue weighted by Gasteiger charge is -2.40. The molecule has 1 heterocycles. The number of rotatable bonds is 4. The molecule has 5 nitrogen and oxygen atoms in total. The molecule has 0 bridgehead atoms. The summed E-state index contributed by atoms with van der Waals surface area (Å²) in [5.41, 5.74) is 0.657. The van der Waals surface area contributed by atoms with Gasteiger partial charge >= 0.3 is 0 Å². The van der Waals surface area contributed by atoms with Crippen LogP contribution in [-0.2, 0) is 4.79 Å². The monoisotopic (exact) mass is 468 g/mol. The van der Waals surface area contributed by atoms with Crippen molar-refractivity contribution >= 4 is 11.8 Å². The van der Waals surface area contributed by atoms with Crippen LogP contribution in [-0.4, -0.2) is 53.4 Å². The van der Waals surface area contributed by atoms with Gasteiger partial charge in [-0.3, -0.25) is 9.59 Å². The van der Waals surface area contributed by atoms with Crippen LogP contribution in [0.4, 0.5) is 0 Å². The van der Waals surface area contributed by atoms with E-state index in [0.29, 0.717) is 30.2 Å². The molecule has 1 aromatic carbocycles. The first-order valence-electron chi connectivity index (χ1n) is 14.0. The molecular formula is C29H44N2O3. The Labute approximate surface area is 206 Å². The summed E-state index contributed by atoms with van der Waals surface area (Å²) in [6.07, 6.45) is 15.3. The van der Waals surface area contributed by atoms with E-state index < -0.39 is 0 Å². The lowest BCUT2D eigenvalue weighted by atomic mass is 9.90. The zero-order valence-corrected chi connectivity index (χ0v) is 21.2. The Morgan fingerprint density at radius 2 is 1.62 bits per heavy atom. The van der Waals surface area contributed by atoms with E-state index in [2.05, 4.69) is 11.8 Å². The van der Waals surface area contributed by atoms with Crippen molar-refractivity contribution in [3.05, 3.63) is 29.8 Å². The van der Waals surface area contributed by atoms with Crippen LogP contribution in [0.5, 0.6) is 5.75 Å². The van der Waals surface area contributed by atoms with Crippen molar-refractivity contribution < 1.29 is 14.3 Å². The molecule has 0 saturated heterocycles. The standard InChI is InChI=1S/C29H44N2O3/c1-2-30-21-11-3-4-12-22-31(28(32)20-19-23-13-5-6-14-23)25-16-8-10-18-27(25)34-26-17-9-7-15-24(26)29(30)33/h7,9,15,17,23,25,27H,2-6,8,10-14,16,18-22H2,1H3/t25-,27+/m1/s1. The van der Waals surface area contributed by atoms with E-state index >= 15 is 0 Å². The van der Waals surface area contributed by atoms with Gasteiger partial charge in [-0.1, -0.05) is 57.1 Å². The van der Waals surface area contributed by atoms with E-state index in [0.717, 1.165) is 76.8 Å². The third-order valence-corrected chi connectivity index (χ3v) is 8.27. The fraction of sp³-hybridized carbons (Fsp3) is 0.724. The maximum atomic E-state index is 13.5. The summed E-state index contributed by atoms with van der Waals surface area (Å²) in [4.78, 5) is 31.0. The van der Waals surface area contributed by atoms with E-state index in [-0.39, 0.29) is 18.1 Å². The van der Waals surface area contributed by atoms with E-state index in [4.69, 9.17) is 4.74 Å². The number of benzene rings is 1. The highest BCUT2D eigenvalue weighted by molar-refractivity contribution is 5.97. The average molecular weight is 469 g/mol. The molecule has 1 aromatic rings. The second-order valence-electron chi connectivity index (χ2n) is 10.6. The van der Waals surface area contributed by atoms with Gasteiger partial charge in [-0.25, -0.2) is 0 Å². The number of hydrogen-bond acceptors (Lipinski definition) is 3. The van der Waals surface area contributed by atoms with Gasteiger partial charge in [0.2, 0.25) is 5.91 Å². The van der Waals surface area contributed by atoms with Crippen molar-refractivity contribution in [3.63, 3.8) is 0 Å². The third-order valence-electron chi connectivity index (χ3n) is 8.27. The van der Waals surface area contributed by atoms with Crippen LogP contribution in [0.2, 0.25) is 0 Å². The quantitative estimate of drug-likeness (QED) is 0.528. The molecule has 3 aliphatic rings. The van der Waals surface area contributed by atoms with E-state index in [1.54, 1.807) is 0 Å². The number of para-hydroxylation sites is 1. The first-order chi connectivity index (χ1) is 16.7. The molecule has 0 spiro atoms. The second-order valence-corrected chi connectivity index (χ2v) is 10.6. The first-order valence-corrected chi connectivity index (χ1v) is 14.0. The Morgan fingerprint density at radius 3 is 2.41 bits per heavy atom. The fourth-order valence-corrected chi connectivity index (χ4v) is 6.24. The molecule has 0 unspecified atom stereocenters. The molecule has 188 valence electrons. The molecule has 2 fully saturated rings. The summed E-state index contributed by atoms with van der Waals surface area (Å²) in [7, 11) is 0. The Balaban J connectivity index is 1.56. The van der Waals surface area contributed by atoms with Crippen molar-refractivity contribution in [2.75, 3.05) is 19.6 Å². The molecule has 34 heavy (non-hydrogen) atoms. The molecule has 0 aromatic heterocycles. The van der Waals surface area contributed by atoms with Crippen LogP contribution in [0.25, 0.3) is 0 Å². The van der Waals surface area contributed by atoms with Crippen molar-refractivity contribution in [1.29, 1.82) is 0 Å². The molecule has 2 saturated carbocycles. The van der Waals surface area contributed by atoms with E-state index in [9.17, 15) is 9.59 Å². The van der Waals surface area contributed by atoms with Crippen molar-refractivity contribution in [3.8, 4) is 5.75 Å². The average Bonchev–Trinajstić information content (AvgIpc) is 3.38. The number of nitrogens with zero attached hydrogens (tertiary/aromatic N) is 2. The summed E-state index contributed by atoms with van der Waals surface area (Å²) in [5.74, 6) is 1.80. The Kier molecular flexibility index (Phi) is 9.29. The lowest BCUT2D eigenvalue weighted by Crippen LogP contribution is -2.51. The molecule has 2 aliphatic carbocycles. The largest absolute Gasteiger partial charge is 0.487 e. The molecular weight excluding hydrogens is 424 g/mol. The van der Waals surface area contributed by atoms with Gasteiger partial charge in [-0.05, 0) is 63.5 Å². The van der Waals surface area contributed by atoms with Gasteiger partial charge in [0.05, 0.1) is 11.6 Å². The minimum Gasteiger partial charge on any atom is -0.487 e. The predicted octanol–water partition coefficient (Wildman–Crippen LogP) is 6.21. The Hall–Kier alpha value is -2.04. The summed E-state index contributed by atoms with van der Waals surface area (Å²) in [6.45, 7) is 4.38. The number of fused-ring (bicyclic) bond motifs is 2. The van der Waals surface area contributed by atoms with Gasteiger partial charge in [0.1, 0.15) is 11.9 Å². The van der Waals surface area contributed by atoms with Crippen molar-refractivity contribution in [2.24, 2.45) is 5.92 Å². The summed E-state index contributed by atoms with van der Waals surface area (Å²) in [6, 6.07) is 7.82. The predicted molar refractivity (Wildman–Crippen MR) is 136 cm³/mol. The fourth-order valence-electron chi connectivity index (χ4n) is 6.24. The van der Waals surface area contributed by atoms with E-state index in [1.165, 1.54) is 25.7 Å². The maximum absolute atomic E-state index is 13.5. The zero-order valence-electron chi connectivity index (χ0n) is 21.2. The number of amides is 2. The summed E-state index contributed by atoms with van der Waals surface area (Å²) in [5, 5.41) is 0. The van der Waals surface area contributed by atoms with Gasteiger partial charge in [-0.2, -0.15) is 0 Å². The second kappa shape index (κ2) is 12.6. The van der Waals surface area contributed by atoms with Crippen LogP contribution < -0.4 is 4.74 Å². The van der Waals surface area contributed by atoms with Crippen LogP contribution in [0, 0.1) is 5.92 Å². The molecule has 2 atom stereocenters. The number of hydrogen-bond donors (Lipinski definition) is 0. The molecule has 4 rings (SSSR count). The summed E-state index contributed by atoms with van der Waals surface area (Å²) >= 11 is 0. The van der Waals surface area contributed by atoms with Crippen molar-refractivity contribution in [1.82, 2.24) is 9.80 Å². The number of carbonyl (C=O) groups is 2. The molecule has 0 radical (unpaired) electrons. The molecule has 1 aliphatic heterocycles. The van der Waals surface area contributed by atoms with Gasteiger partial charge in [-0.15, -0.1) is 0 Å². The molecule has 5 heteroatoms. The Bertz CT molecular complexity index is 804. The minimum absolute atomic E-state index is 0.0452. The lowest BCUT2D eigenvalue weighted by molar-refractivity contribution is -0.137. The molecule has 0 N–H and O–H groups in total. The molecule has 2 amide bonds. The smallest absolute Gasteiger partial charge is 0.257 e. The zero-order chi connectivity index (χ0) is 23.8. The highest BCUT2D eigenvalue weighted by Gasteiger charge is 2.35. The SMILES string of the molecule is CCN1CCCCCCN(C(=O)CCC2CCCC2)[C@@H]2CCCC[C@@H]2Oc2ccccc2C1=O. The van der Waals surface area contributed by atoms with Crippen LogP contribution in [0.1, 0.15) is 107 Å². The van der Waals surface area contributed by atoms with Gasteiger partial charge in [0, 0.05) is 26.1 Å². The van der Waals surface area contributed by atoms with Gasteiger partial charge in [0.25, 0.3) is 5.91 Å². The van der Waals surface area contributed by atoms with Crippen LogP contribution in [0.3, 0.4) is 0 Å². The minimum atomic E-state index is -0.0452. The third kappa shape index (κ3) is 6.34. The number of carbonyl (C=O) groups excluding carboxylic acids is 2. The van der Waals surface area contributed by atoms with Gasteiger partial charge in [0.15, 0.2) is 0 Å². The summed E-state index contributed by atoms with van der Waals surface area (Å²) < 4.78 is 6.63. The van der Waals surface area contributed by atoms with Crippen LogP contribution >= 0.6 is 0 Å². The van der Waals surface area contributed by atoms with E-state index in [1.807, 2.05) is 29.2 Å². The van der Waals surface area contributed by atoms with Crippen molar-refractivity contribution in [2.45, 2.75) is 109 Å². The number of ether oxygens (including phenoxy) is 1. The van der Waals surface area contributed by atoms with Gasteiger partial charge < -0.3 is 14.5 Å². The topological polar surface area (TPSA) is 49.9 Å². The Morgan fingerprint density at radius 1 is 0.912 bits per heavy atom.